The van der Waals surface area contributed by atoms with Crippen LogP contribution >= 0.6 is 0 Å². The van der Waals surface area contributed by atoms with E-state index < -0.39 is 53.8 Å². The Bertz CT molecular complexity index is 1700. The first-order chi connectivity index (χ1) is 28.5. The van der Waals surface area contributed by atoms with Gasteiger partial charge in [-0.05, 0) is 109 Å². The van der Waals surface area contributed by atoms with E-state index >= 15 is 0 Å². The number of nitrogens with one attached hydrogen (secondary N) is 3. The van der Waals surface area contributed by atoms with Crippen molar-refractivity contribution < 1.29 is 47.1 Å². The third-order valence-electron chi connectivity index (χ3n) is 9.44. The monoisotopic (exact) mass is 844 g/mol. The van der Waals surface area contributed by atoms with E-state index in [1.807, 2.05) is 40.7 Å². The summed E-state index contributed by atoms with van der Waals surface area (Å²) in [5, 5.41) is 7.65. The minimum atomic E-state index is -0.662. The molecule has 0 bridgehead atoms. The summed E-state index contributed by atoms with van der Waals surface area (Å²) in [6.07, 6.45) is 6.52. The van der Waals surface area contributed by atoms with Gasteiger partial charge in [0.15, 0.2) is 0 Å². The number of hydrogen-bond acceptors (Lipinski definition) is 9. The molecule has 0 aliphatic carbocycles. The van der Waals surface area contributed by atoms with Crippen molar-refractivity contribution >= 4 is 47.9 Å². The van der Waals surface area contributed by atoms with Gasteiger partial charge < -0.3 is 35.8 Å². The summed E-state index contributed by atoms with van der Waals surface area (Å²) in [4.78, 5) is 92.8. The Morgan fingerprint density at radius 2 is 1.47 bits per heavy atom. The number of rotatable bonds is 11. The predicted octanol–water partition coefficient (Wildman–Crippen LogP) is 4.12. The van der Waals surface area contributed by atoms with Crippen molar-refractivity contribution in [3.63, 3.8) is 0 Å². The van der Waals surface area contributed by atoms with E-state index in [1.54, 1.807) is 35.9 Å². The van der Waals surface area contributed by atoms with Gasteiger partial charge in [0, 0.05) is 37.9 Å². The summed E-state index contributed by atoms with van der Waals surface area (Å²) >= 11 is 0. The van der Waals surface area contributed by atoms with Crippen LogP contribution in [0.5, 0.6) is 0 Å². The Hall–Kier alpha value is -5.68. The van der Waals surface area contributed by atoms with Gasteiger partial charge in [0.25, 0.3) is 0 Å². The zero-order valence-corrected chi connectivity index (χ0v) is 35.8. The quantitative estimate of drug-likeness (QED) is 0.189. The molecule has 2 aromatic rings. The lowest BCUT2D eigenvalue weighted by atomic mass is 9.99. The molecule has 3 fully saturated rings. The van der Waals surface area contributed by atoms with Gasteiger partial charge in [-0.1, -0.05) is 19.9 Å². The van der Waals surface area contributed by atoms with Crippen molar-refractivity contribution in [3.8, 4) is 0 Å². The molecule has 18 heteroatoms. The molecule has 4 atom stereocenters. The number of urea groups is 1. The molecular formula is C42H62F2N8O8. The smallest absolute Gasteiger partial charge is 0.329 e. The topological polar surface area (TPSA) is 213 Å². The molecule has 3 aliphatic rings. The molecular weight excluding hydrogens is 783 g/mol. The van der Waals surface area contributed by atoms with E-state index in [0.717, 1.165) is 30.9 Å². The fraction of sp³-hybridized carbons (Fsp3) is 0.571. The van der Waals surface area contributed by atoms with Crippen LogP contribution in [0.4, 0.5) is 19.4 Å². The Morgan fingerprint density at radius 3 is 2.05 bits per heavy atom. The summed E-state index contributed by atoms with van der Waals surface area (Å²) in [6.45, 7) is 14.3. The highest BCUT2D eigenvalue weighted by atomic mass is 19.1. The Balaban J connectivity index is 0.000000389. The third kappa shape index (κ3) is 16.9. The normalized spacial score (nSPS) is 18.6. The van der Waals surface area contributed by atoms with Gasteiger partial charge >= 0.3 is 12.0 Å². The molecule has 16 nitrogen and oxygen atoms in total. The number of pyridine rings is 1. The van der Waals surface area contributed by atoms with Gasteiger partial charge in [-0.15, -0.1) is 0 Å². The lowest BCUT2D eigenvalue weighted by Crippen LogP contribution is -2.57. The van der Waals surface area contributed by atoms with Crippen LogP contribution in [-0.4, -0.2) is 118 Å². The van der Waals surface area contributed by atoms with E-state index in [9.17, 15) is 42.3 Å². The highest BCUT2D eigenvalue weighted by Crippen LogP contribution is 2.26. The average molecular weight is 845 g/mol. The second kappa shape index (κ2) is 25.7. The van der Waals surface area contributed by atoms with Gasteiger partial charge in [0.1, 0.15) is 41.7 Å². The number of aromatic nitrogens is 1. The molecule has 7 amide bonds. The van der Waals surface area contributed by atoms with Crippen molar-refractivity contribution in [1.82, 2.24) is 30.3 Å². The molecule has 3 aliphatic heterocycles. The number of likely N-dealkylation sites (tertiary alicyclic amines) is 3. The molecule has 0 spiro atoms. The van der Waals surface area contributed by atoms with Crippen molar-refractivity contribution in [3.05, 3.63) is 59.3 Å². The van der Waals surface area contributed by atoms with Crippen LogP contribution in [0.25, 0.3) is 0 Å². The standard InChI is InChI=1S/C24H38N4O6.C9H12N4O2.C7H6F2.C2H6/c1-16(2)25-22(31)18-8-4-5-12-28(18)23(32)19-9-7-13-27(19)21(30)14-17(3)34-24(33)20-10-6-11-26(20)15-29;1-6-2-3-8(11-4-6)13-9(15)12-5-7(10)14;1-5-2-6(8)4-7(9)3-5;1-2/h15-20H,4-14H2,1-3H3,(H,25,31);2-4H,5H2,1H3,(H2,10,14)(H2,11,12,13,15);2-4H,1H3;1-2H3. The first-order valence-electron chi connectivity index (χ1n) is 20.5. The number of ether oxygens (including phenoxy) is 1. The average Bonchev–Trinajstić information content (AvgIpc) is 3.89. The number of hydrogen-bond donors (Lipinski definition) is 4. The van der Waals surface area contributed by atoms with Crippen LogP contribution in [0.2, 0.25) is 0 Å². The highest BCUT2D eigenvalue weighted by Gasteiger charge is 2.41. The number of piperidine rings is 1. The maximum absolute atomic E-state index is 13.5. The lowest BCUT2D eigenvalue weighted by molar-refractivity contribution is -0.158. The molecule has 3 saturated heterocycles. The number of primary amides is 1. The Kier molecular flexibility index (Phi) is 21.6. The van der Waals surface area contributed by atoms with Crippen LogP contribution < -0.4 is 21.7 Å². The van der Waals surface area contributed by atoms with Gasteiger partial charge in [-0.25, -0.2) is 23.4 Å². The Labute approximate surface area is 351 Å². The van der Waals surface area contributed by atoms with Crippen molar-refractivity contribution in [1.29, 1.82) is 0 Å². The largest absolute Gasteiger partial charge is 0.461 e. The molecule has 4 heterocycles. The summed E-state index contributed by atoms with van der Waals surface area (Å²) in [7, 11) is 0. The number of amides is 7. The minimum absolute atomic E-state index is 0.0111. The van der Waals surface area contributed by atoms with Crippen molar-refractivity contribution in [2.45, 2.75) is 130 Å². The molecule has 4 unspecified atom stereocenters. The zero-order chi connectivity index (χ0) is 44.9. The van der Waals surface area contributed by atoms with E-state index in [0.29, 0.717) is 63.1 Å². The van der Waals surface area contributed by atoms with E-state index in [2.05, 4.69) is 20.9 Å². The van der Waals surface area contributed by atoms with Crippen LogP contribution in [0.1, 0.15) is 97.1 Å². The first kappa shape index (κ1) is 50.5. The van der Waals surface area contributed by atoms with Gasteiger partial charge in [-0.3, -0.25) is 29.3 Å². The van der Waals surface area contributed by atoms with E-state index in [-0.39, 0.29) is 36.7 Å². The van der Waals surface area contributed by atoms with E-state index in [4.69, 9.17) is 10.5 Å². The second-order valence-electron chi connectivity index (χ2n) is 14.8. The molecule has 60 heavy (non-hydrogen) atoms. The number of benzene rings is 1. The van der Waals surface area contributed by atoms with Crippen molar-refractivity contribution in [2.24, 2.45) is 5.73 Å². The molecule has 0 radical (unpaired) electrons. The van der Waals surface area contributed by atoms with Crippen LogP contribution in [0, 0.1) is 25.5 Å². The maximum atomic E-state index is 13.5. The number of esters is 1. The van der Waals surface area contributed by atoms with Crippen LogP contribution in [0.3, 0.4) is 0 Å². The number of nitrogens with zero attached hydrogens (tertiary/aromatic N) is 4. The molecule has 0 saturated carbocycles. The number of halogens is 2. The number of aryl methyl sites for hydroxylation is 2. The van der Waals surface area contributed by atoms with Gasteiger partial charge in [0.2, 0.25) is 30.0 Å². The van der Waals surface area contributed by atoms with E-state index in [1.165, 1.54) is 17.0 Å². The molecule has 5 N–H and O–H groups in total. The SMILES string of the molecule is CC.CC(C)NC(=O)C1CCCCN1C(=O)C1CCCN1C(=O)CC(C)OC(=O)C1CCCN1C=O.Cc1cc(F)cc(F)c1.Cc1ccc(NC(=O)NCC(N)=O)nc1. The van der Waals surface area contributed by atoms with Gasteiger partial charge in [0.05, 0.1) is 13.0 Å². The van der Waals surface area contributed by atoms with Crippen molar-refractivity contribution in [2.75, 3.05) is 31.5 Å². The molecule has 5 rings (SSSR count). The first-order valence-corrected chi connectivity index (χ1v) is 20.5. The number of carbonyl (C=O) groups is 7. The summed E-state index contributed by atoms with van der Waals surface area (Å²) in [6, 6.07) is 4.68. The number of anilines is 1. The fourth-order valence-corrected chi connectivity index (χ4v) is 6.77. The highest BCUT2D eigenvalue weighted by molar-refractivity contribution is 5.93. The second-order valence-corrected chi connectivity index (χ2v) is 14.8. The minimum Gasteiger partial charge on any atom is -0.461 e. The zero-order valence-electron chi connectivity index (χ0n) is 35.8. The summed E-state index contributed by atoms with van der Waals surface area (Å²) < 4.78 is 29.8. The predicted molar refractivity (Wildman–Crippen MR) is 221 cm³/mol. The Morgan fingerprint density at radius 1 is 0.850 bits per heavy atom. The number of carbonyl (C=O) groups excluding carboxylic acids is 7. The number of nitrogens with two attached hydrogens (primary N) is 1. The summed E-state index contributed by atoms with van der Waals surface area (Å²) in [5.74, 6) is -2.27. The third-order valence-corrected chi connectivity index (χ3v) is 9.44. The van der Waals surface area contributed by atoms with Gasteiger partial charge in [-0.2, -0.15) is 0 Å². The summed E-state index contributed by atoms with van der Waals surface area (Å²) in [5.41, 5.74) is 6.46. The van der Waals surface area contributed by atoms with Crippen LogP contribution in [0.15, 0.2) is 36.5 Å². The fourth-order valence-electron chi connectivity index (χ4n) is 6.77. The lowest BCUT2D eigenvalue weighted by Gasteiger charge is -2.38. The molecule has 1 aromatic heterocycles. The molecule has 332 valence electrons. The van der Waals surface area contributed by atoms with Crippen LogP contribution in [-0.2, 0) is 33.5 Å². The molecule has 1 aromatic carbocycles. The maximum Gasteiger partial charge on any atom is 0.329 e.